The minimum absolute atomic E-state index is 0.100. The quantitative estimate of drug-likeness (QED) is 0.447. The molecule has 30 heavy (non-hydrogen) atoms. The molecule has 0 amide bonds. The van der Waals surface area contributed by atoms with Crippen LogP contribution in [0.4, 0.5) is 0 Å². The summed E-state index contributed by atoms with van der Waals surface area (Å²) in [6, 6.07) is 16.7. The first kappa shape index (κ1) is 22.1. The topological polar surface area (TPSA) is 83.0 Å². The van der Waals surface area contributed by atoms with Gasteiger partial charge in [0.2, 0.25) is 10.0 Å². The summed E-state index contributed by atoms with van der Waals surface area (Å²) in [5.74, 6) is 1.63. The van der Waals surface area contributed by atoms with E-state index >= 15 is 0 Å². The van der Waals surface area contributed by atoms with E-state index in [-0.39, 0.29) is 6.04 Å². The second-order valence-electron chi connectivity index (χ2n) is 7.29. The van der Waals surface area contributed by atoms with Gasteiger partial charge in [-0.25, -0.2) is 18.1 Å². The molecule has 1 saturated carbocycles. The van der Waals surface area contributed by atoms with Crippen LogP contribution in [0.3, 0.4) is 0 Å². The molecular formula is C22H30N4O3S. The minimum Gasteiger partial charge on any atom is -0.492 e. The zero-order chi connectivity index (χ0) is 21.4. The maximum absolute atomic E-state index is 12.3. The Morgan fingerprint density at radius 1 is 1.13 bits per heavy atom. The van der Waals surface area contributed by atoms with E-state index in [1.54, 1.807) is 12.1 Å². The number of guanidine groups is 1. The molecule has 2 aromatic carbocycles. The van der Waals surface area contributed by atoms with Gasteiger partial charge < -0.3 is 15.0 Å². The van der Waals surface area contributed by atoms with Crippen molar-refractivity contribution in [3.63, 3.8) is 0 Å². The molecule has 8 heteroatoms. The van der Waals surface area contributed by atoms with Gasteiger partial charge in [0.05, 0.1) is 18.0 Å². The Labute approximate surface area is 179 Å². The predicted octanol–water partition coefficient (Wildman–Crippen LogP) is 2.60. The normalized spacial score (nSPS) is 14.4. The highest BCUT2D eigenvalue weighted by molar-refractivity contribution is 7.89. The van der Waals surface area contributed by atoms with Gasteiger partial charge in [-0.3, -0.25) is 0 Å². The summed E-state index contributed by atoms with van der Waals surface area (Å²) in [7, 11) is -1.45. The number of hydrogen-bond donors (Lipinski definition) is 2. The number of aliphatic imine (C=N–C) groups is 1. The summed E-state index contributed by atoms with van der Waals surface area (Å²) in [4.78, 5) is 6.98. The van der Waals surface area contributed by atoms with Gasteiger partial charge in [-0.15, -0.1) is 0 Å². The van der Waals surface area contributed by atoms with Crippen LogP contribution in [-0.4, -0.2) is 52.1 Å². The molecule has 1 aliphatic rings. The van der Waals surface area contributed by atoms with E-state index in [9.17, 15) is 8.42 Å². The Kier molecular flexibility index (Phi) is 7.70. The lowest BCUT2D eigenvalue weighted by Gasteiger charge is -2.22. The van der Waals surface area contributed by atoms with Crippen LogP contribution in [0.25, 0.3) is 0 Å². The molecule has 162 valence electrons. The summed E-state index contributed by atoms with van der Waals surface area (Å²) >= 11 is 0. The highest BCUT2D eigenvalue weighted by atomic mass is 32.2. The van der Waals surface area contributed by atoms with Gasteiger partial charge in [-0.2, -0.15) is 0 Å². The Balaban J connectivity index is 1.55. The van der Waals surface area contributed by atoms with Crippen LogP contribution in [0.15, 0.2) is 64.5 Å². The van der Waals surface area contributed by atoms with Crippen LogP contribution in [0.1, 0.15) is 25.3 Å². The van der Waals surface area contributed by atoms with E-state index in [1.165, 1.54) is 0 Å². The number of nitrogens with zero attached hydrogens (tertiary/aromatic N) is 2. The van der Waals surface area contributed by atoms with E-state index in [2.05, 4.69) is 15.0 Å². The van der Waals surface area contributed by atoms with Crippen LogP contribution in [0.2, 0.25) is 0 Å². The molecule has 1 fully saturated rings. The second-order valence-corrected chi connectivity index (χ2v) is 9.01. The highest BCUT2D eigenvalue weighted by Gasteiger charge is 2.27. The lowest BCUT2D eigenvalue weighted by atomic mass is 10.2. The van der Waals surface area contributed by atoms with Crippen molar-refractivity contribution >= 4 is 16.0 Å². The van der Waals surface area contributed by atoms with Crippen LogP contribution in [0, 0.1) is 0 Å². The third kappa shape index (κ3) is 6.74. The standard InChI is InChI=1S/C22H30N4O3S/c1-3-23-22(26(2)15-16-29-20-7-5-4-6-8-20)24-17-18-9-13-21(14-10-18)30(27,28)25-19-11-12-19/h4-10,13-14,19,25H,3,11-12,15-17H2,1-2H3,(H,23,24). The Bertz CT molecular complexity index is 927. The largest absolute Gasteiger partial charge is 0.492 e. The minimum atomic E-state index is -3.42. The van der Waals surface area contributed by atoms with Crippen molar-refractivity contribution in [2.45, 2.75) is 37.2 Å². The Morgan fingerprint density at radius 3 is 2.47 bits per heavy atom. The lowest BCUT2D eigenvalue weighted by molar-refractivity contribution is 0.281. The van der Waals surface area contributed by atoms with Crippen molar-refractivity contribution in [2.24, 2.45) is 4.99 Å². The van der Waals surface area contributed by atoms with Gasteiger partial charge in [0.15, 0.2) is 5.96 Å². The van der Waals surface area contributed by atoms with Crippen LogP contribution in [-0.2, 0) is 16.6 Å². The molecular weight excluding hydrogens is 400 g/mol. The number of hydrogen-bond acceptors (Lipinski definition) is 4. The van der Waals surface area contributed by atoms with Gasteiger partial charge in [0, 0.05) is 19.6 Å². The first-order chi connectivity index (χ1) is 14.5. The van der Waals surface area contributed by atoms with E-state index in [0.717, 1.165) is 36.7 Å². The molecule has 1 aliphatic carbocycles. The maximum atomic E-state index is 12.3. The van der Waals surface area contributed by atoms with Crippen LogP contribution in [0.5, 0.6) is 5.75 Å². The average molecular weight is 431 g/mol. The molecule has 0 bridgehead atoms. The molecule has 2 aromatic rings. The molecule has 0 unspecified atom stereocenters. The number of ether oxygens (including phenoxy) is 1. The molecule has 0 aliphatic heterocycles. The van der Waals surface area contributed by atoms with Crippen molar-refractivity contribution < 1.29 is 13.2 Å². The van der Waals surface area contributed by atoms with Crippen molar-refractivity contribution in [3.8, 4) is 5.75 Å². The summed E-state index contributed by atoms with van der Waals surface area (Å²) in [6.07, 6.45) is 1.84. The van der Waals surface area contributed by atoms with E-state index in [4.69, 9.17) is 4.74 Å². The van der Waals surface area contributed by atoms with Crippen molar-refractivity contribution in [1.29, 1.82) is 0 Å². The third-order valence-electron chi connectivity index (χ3n) is 4.68. The molecule has 0 atom stereocenters. The fourth-order valence-corrected chi connectivity index (χ4v) is 4.13. The monoisotopic (exact) mass is 430 g/mol. The summed E-state index contributed by atoms with van der Waals surface area (Å²) < 4.78 is 33.0. The second kappa shape index (κ2) is 10.4. The van der Waals surface area contributed by atoms with Crippen LogP contribution < -0.4 is 14.8 Å². The Hall–Kier alpha value is -2.58. The van der Waals surface area contributed by atoms with Gasteiger partial charge in [0.1, 0.15) is 12.4 Å². The molecule has 0 radical (unpaired) electrons. The summed E-state index contributed by atoms with van der Waals surface area (Å²) in [5, 5.41) is 3.28. The first-order valence-electron chi connectivity index (χ1n) is 10.3. The first-order valence-corrected chi connectivity index (χ1v) is 11.7. The van der Waals surface area contributed by atoms with Crippen molar-refractivity contribution in [1.82, 2.24) is 14.9 Å². The molecule has 7 nitrogen and oxygen atoms in total. The lowest BCUT2D eigenvalue weighted by Crippen LogP contribution is -2.40. The number of sulfonamides is 1. The van der Waals surface area contributed by atoms with E-state index in [1.807, 2.05) is 61.3 Å². The highest BCUT2D eigenvalue weighted by Crippen LogP contribution is 2.22. The number of nitrogens with one attached hydrogen (secondary N) is 2. The molecule has 0 saturated heterocycles. The predicted molar refractivity (Wildman–Crippen MR) is 119 cm³/mol. The van der Waals surface area contributed by atoms with Crippen molar-refractivity contribution in [2.75, 3.05) is 26.7 Å². The fraction of sp³-hybridized carbons (Fsp3) is 0.409. The molecule has 3 rings (SSSR count). The Morgan fingerprint density at radius 2 is 1.83 bits per heavy atom. The average Bonchev–Trinajstić information content (AvgIpc) is 3.55. The molecule has 2 N–H and O–H groups in total. The SMILES string of the molecule is CCNC(=NCc1ccc(S(=O)(=O)NC2CC2)cc1)N(C)CCOc1ccccc1. The van der Waals surface area contributed by atoms with Gasteiger partial charge >= 0.3 is 0 Å². The van der Waals surface area contributed by atoms with Crippen molar-refractivity contribution in [3.05, 3.63) is 60.2 Å². The van der Waals surface area contributed by atoms with Gasteiger partial charge in [-0.1, -0.05) is 30.3 Å². The molecule has 0 spiro atoms. The van der Waals surface area contributed by atoms with Gasteiger partial charge in [-0.05, 0) is 49.6 Å². The molecule has 0 heterocycles. The maximum Gasteiger partial charge on any atom is 0.240 e. The number of para-hydroxylation sites is 1. The smallest absolute Gasteiger partial charge is 0.240 e. The summed E-state index contributed by atoms with van der Waals surface area (Å²) in [5.41, 5.74) is 0.949. The summed E-state index contributed by atoms with van der Waals surface area (Å²) in [6.45, 7) is 4.47. The number of benzene rings is 2. The fourth-order valence-electron chi connectivity index (χ4n) is 2.82. The van der Waals surface area contributed by atoms with E-state index in [0.29, 0.717) is 24.6 Å². The zero-order valence-corrected chi connectivity index (χ0v) is 18.4. The third-order valence-corrected chi connectivity index (χ3v) is 6.22. The number of likely N-dealkylation sites (N-methyl/N-ethyl adjacent to an activating group) is 1. The molecule has 0 aromatic heterocycles. The van der Waals surface area contributed by atoms with E-state index < -0.39 is 10.0 Å². The van der Waals surface area contributed by atoms with Gasteiger partial charge in [0.25, 0.3) is 0 Å². The van der Waals surface area contributed by atoms with Crippen LogP contribution >= 0.6 is 0 Å². The number of rotatable bonds is 10. The zero-order valence-electron chi connectivity index (χ0n) is 17.5.